The normalized spacial score (nSPS) is 25.6. The van der Waals surface area contributed by atoms with Gasteiger partial charge < -0.3 is 19.8 Å². The van der Waals surface area contributed by atoms with Crippen LogP contribution in [0.5, 0.6) is 11.5 Å². The van der Waals surface area contributed by atoms with Gasteiger partial charge in [0.25, 0.3) is 0 Å². The molecule has 0 bridgehead atoms. The highest BCUT2D eigenvalue weighted by molar-refractivity contribution is 5.86. The summed E-state index contributed by atoms with van der Waals surface area (Å²) in [6.45, 7) is 4.81. The number of benzene rings is 2. The molecular formula is C23H29N3O4. The van der Waals surface area contributed by atoms with Gasteiger partial charge in [0, 0.05) is 18.0 Å². The molecule has 2 aliphatic heterocycles. The maximum atomic E-state index is 13.2. The molecule has 0 aliphatic carbocycles. The molecule has 2 saturated heterocycles. The van der Waals surface area contributed by atoms with Crippen molar-refractivity contribution in [2.75, 3.05) is 19.8 Å². The summed E-state index contributed by atoms with van der Waals surface area (Å²) in [6, 6.07) is 12.4. The molecule has 4 N–H and O–H groups in total. The zero-order chi connectivity index (χ0) is 21.3. The van der Waals surface area contributed by atoms with Crippen molar-refractivity contribution < 1.29 is 19.7 Å². The molecule has 160 valence electrons. The van der Waals surface area contributed by atoms with Crippen LogP contribution in [0.3, 0.4) is 0 Å². The number of hydrogen-bond acceptors (Lipinski definition) is 6. The number of phenolic OH excluding ortho intramolecular Hbond substituents is 1. The fourth-order valence-electron chi connectivity index (χ4n) is 4.65. The molecule has 2 aromatic rings. The average molecular weight is 412 g/mol. The van der Waals surface area contributed by atoms with Crippen molar-refractivity contribution in [3.63, 3.8) is 0 Å². The molecule has 2 aliphatic rings. The zero-order valence-electron chi connectivity index (χ0n) is 17.3. The summed E-state index contributed by atoms with van der Waals surface area (Å²) in [6.07, 6.45) is 0.913. The second-order valence-corrected chi connectivity index (χ2v) is 8.00. The van der Waals surface area contributed by atoms with Gasteiger partial charge in [-0.15, -0.1) is 0 Å². The summed E-state index contributed by atoms with van der Waals surface area (Å²) in [5.74, 6) is 0.759. The van der Waals surface area contributed by atoms with Crippen LogP contribution in [0.4, 0.5) is 0 Å². The van der Waals surface area contributed by atoms with Crippen molar-refractivity contribution in [3.8, 4) is 11.5 Å². The monoisotopic (exact) mass is 411 g/mol. The fourth-order valence-corrected chi connectivity index (χ4v) is 4.65. The number of hydrogen-bond donors (Lipinski definition) is 4. The van der Waals surface area contributed by atoms with Crippen LogP contribution in [-0.4, -0.2) is 46.8 Å². The second-order valence-electron chi connectivity index (χ2n) is 8.00. The van der Waals surface area contributed by atoms with Crippen molar-refractivity contribution in [3.05, 3.63) is 59.2 Å². The van der Waals surface area contributed by atoms with Crippen molar-refractivity contribution in [2.24, 2.45) is 5.92 Å². The topological polar surface area (TPSA) is 94.1 Å². The number of carbonyl (C=O) groups excluding carboxylic acids is 1. The largest absolute Gasteiger partial charge is 0.508 e. The minimum absolute atomic E-state index is 0.0546. The van der Waals surface area contributed by atoms with Crippen molar-refractivity contribution in [2.45, 2.75) is 38.4 Å². The zero-order valence-corrected chi connectivity index (χ0v) is 17.3. The Kier molecular flexibility index (Phi) is 5.94. The molecule has 0 saturated carbocycles. The lowest BCUT2D eigenvalue weighted by molar-refractivity contribution is -0.131. The molecule has 0 spiro atoms. The number of fused-ring (bicyclic) bond motifs is 1. The molecule has 0 radical (unpaired) electrons. The Morgan fingerprint density at radius 1 is 1.13 bits per heavy atom. The maximum absolute atomic E-state index is 13.2. The van der Waals surface area contributed by atoms with E-state index >= 15 is 0 Å². The van der Waals surface area contributed by atoms with E-state index in [9.17, 15) is 15.0 Å². The van der Waals surface area contributed by atoms with Gasteiger partial charge >= 0.3 is 0 Å². The number of nitrogens with one attached hydrogen (secondary N) is 2. The molecule has 4 atom stereocenters. The minimum atomic E-state index is -0.438. The highest BCUT2D eigenvalue weighted by Crippen LogP contribution is 2.48. The number of phenols is 1. The number of aliphatic hydroxyl groups excluding tert-OH is 1. The lowest BCUT2D eigenvalue weighted by atomic mass is 9.82. The number of rotatable bonds is 7. The average Bonchev–Trinajstić information content (AvgIpc) is 3.28. The van der Waals surface area contributed by atoms with E-state index < -0.39 is 6.04 Å². The number of likely N-dealkylation sites (tertiary alicyclic amines) is 1. The predicted octanol–water partition coefficient (Wildman–Crippen LogP) is 2.20. The summed E-state index contributed by atoms with van der Waals surface area (Å²) in [4.78, 5) is 14.9. The number of aromatic hydroxyl groups is 1. The summed E-state index contributed by atoms with van der Waals surface area (Å²) in [5, 5.41) is 20.1. The highest BCUT2D eigenvalue weighted by atomic mass is 16.5. The molecule has 2 fully saturated rings. The van der Waals surface area contributed by atoms with Crippen molar-refractivity contribution in [1.29, 1.82) is 0 Å². The molecule has 30 heavy (non-hydrogen) atoms. The van der Waals surface area contributed by atoms with Crippen LogP contribution < -0.4 is 15.6 Å². The Labute approximate surface area is 176 Å². The Hall–Kier alpha value is -2.61. The third kappa shape index (κ3) is 3.64. The fraction of sp³-hybridized carbons (Fsp3) is 0.435. The van der Waals surface area contributed by atoms with Crippen molar-refractivity contribution in [1.82, 2.24) is 15.8 Å². The number of carbonyl (C=O) groups is 1. The van der Waals surface area contributed by atoms with Gasteiger partial charge in [0.15, 0.2) is 0 Å². The Morgan fingerprint density at radius 3 is 2.70 bits per heavy atom. The van der Waals surface area contributed by atoms with Gasteiger partial charge in [-0.25, -0.2) is 10.9 Å². The van der Waals surface area contributed by atoms with Crippen LogP contribution in [0.2, 0.25) is 0 Å². The molecule has 1 amide bonds. The number of aliphatic hydroxyl groups is 1. The van der Waals surface area contributed by atoms with E-state index in [1.54, 1.807) is 11.0 Å². The van der Waals surface area contributed by atoms with Gasteiger partial charge in [-0.1, -0.05) is 36.8 Å². The number of β-amino-alcohol motifs (C(OH)–C–C–N with tert-alkyl or cyclic N) is 1. The quantitative estimate of drug-likeness (QED) is 0.558. The van der Waals surface area contributed by atoms with Crippen LogP contribution >= 0.6 is 0 Å². The molecule has 4 unspecified atom stereocenters. The first kappa shape index (κ1) is 20.7. The molecule has 2 heterocycles. The van der Waals surface area contributed by atoms with Crippen LogP contribution in [0, 0.1) is 12.8 Å². The number of hydrazine groups is 1. The summed E-state index contributed by atoms with van der Waals surface area (Å²) in [7, 11) is 0. The highest BCUT2D eigenvalue weighted by Gasteiger charge is 2.55. The van der Waals surface area contributed by atoms with Crippen LogP contribution in [0.15, 0.2) is 42.5 Å². The third-order valence-electron chi connectivity index (χ3n) is 5.95. The Balaban J connectivity index is 1.75. The van der Waals surface area contributed by atoms with Gasteiger partial charge in [0.2, 0.25) is 5.91 Å². The van der Waals surface area contributed by atoms with Gasteiger partial charge in [0.05, 0.1) is 25.3 Å². The SMILES string of the molecule is CCCOc1cccc(C2C3C(NNC3c3cc(C)ccc3O)C(=O)N2CCO)c1. The predicted molar refractivity (Wildman–Crippen MR) is 113 cm³/mol. The van der Waals surface area contributed by atoms with E-state index in [1.165, 1.54) is 0 Å². The third-order valence-corrected chi connectivity index (χ3v) is 5.95. The number of aryl methyl sites for hydroxylation is 1. The molecular weight excluding hydrogens is 382 g/mol. The van der Waals surface area contributed by atoms with E-state index in [2.05, 4.69) is 17.8 Å². The number of ether oxygens (including phenoxy) is 1. The van der Waals surface area contributed by atoms with E-state index in [0.29, 0.717) is 6.61 Å². The number of nitrogens with zero attached hydrogens (tertiary/aromatic N) is 1. The molecule has 7 heteroatoms. The van der Waals surface area contributed by atoms with Gasteiger partial charge in [-0.05, 0) is 37.1 Å². The van der Waals surface area contributed by atoms with Gasteiger partial charge in [-0.3, -0.25) is 4.79 Å². The molecule has 7 nitrogen and oxygen atoms in total. The summed E-state index contributed by atoms with van der Waals surface area (Å²) in [5.41, 5.74) is 9.13. The molecule has 4 rings (SSSR count). The van der Waals surface area contributed by atoms with Crippen LogP contribution in [0.25, 0.3) is 0 Å². The molecule has 0 aromatic heterocycles. The van der Waals surface area contributed by atoms with E-state index in [4.69, 9.17) is 4.74 Å². The number of amides is 1. The minimum Gasteiger partial charge on any atom is -0.508 e. The Bertz CT molecular complexity index is 919. The van der Waals surface area contributed by atoms with Crippen LogP contribution in [-0.2, 0) is 4.79 Å². The standard InChI is InChI=1S/C23H29N3O4/c1-3-11-30-16-6-4-5-15(13-16)22-19-20(17-12-14(2)7-8-18(17)28)24-25-21(19)23(29)26(22)9-10-27/h4-8,12-13,19-22,24-25,27-28H,3,9-11H2,1-2H3. The molecule has 2 aromatic carbocycles. The van der Waals surface area contributed by atoms with Gasteiger partial charge in [0.1, 0.15) is 17.5 Å². The first-order chi connectivity index (χ1) is 14.5. The van der Waals surface area contributed by atoms with Gasteiger partial charge in [-0.2, -0.15) is 0 Å². The Morgan fingerprint density at radius 2 is 1.93 bits per heavy atom. The summed E-state index contributed by atoms with van der Waals surface area (Å²) >= 11 is 0. The smallest absolute Gasteiger partial charge is 0.242 e. The summed E-state index contributed by atoms with van der Waals surface area (Å²) < 4.78 is 5.81. The lowest BCUT2D eigenvalue weighted by Crippen LogP contribution is -2.42. The van der Waals surface area contributed by atoms with E-state index in [1.807, 2.05) is 43.3 Å². The first-order valence-electron chi connectivity index (χ1n) is 10.5. The van der Waals surface area contributed by atoms with Crippen molar-refractivity contribution >= 4 is 5.91 Å². The van der Waals surface area contributed by atoms with E-state index in [0.717, 1.165) is 28.9 Å². The van der Waals surface area contributed by atoms with Crippen LogP contribution in [0.1, 0.15) is 42.1 Å². The van der Waals surface area contributed by atoms with E-state index in [-0.39, 0.29) is 42.8 Å². The lowest BCUT2D eigenvalue weighted by Gasteiger charge is -2.31. The first-order valence-corrected chi connectivity index (χ1v) is 10.5. The maximum Gasteiger partial charge on any atom is 0.242 e. The second kappa shape index (κ2) is 8.63.